The standard InChI is InChI=1S/C23H24FN3O3.ClH/c1-2-26-15-18(23(29)30)22(28)17-12-19(24)21(13-20(17)26)27-10-8-25(9-11-27)14-16-6-4-3-5-7-16;/h3-7,12-13,15H,2,8-11,14H2,1H3,(H,29,30);1H. The van der Waals surface area contributed by atoms with E-state index in [4.69, 9.17) is 0 Å². The van der Waals surface area contributed by atoms with Gasteiger partial charge in [-0.1, -0.05) is 30.3 Å². The van der Waals surface area contributed by atoms with Crippen LogP contribution in [0.25, 0.3) is 10.9 Å². The van der Waals surface area contributed by atoms with Gasteiger partial charge in [-0.25, -0.2) is 9.18 Å². The number of piperazine rings is 1. The van der Waals surface area contributed by atoms with Crippen LogP contribution in [0.3, 0.4) is 0 Å². The minimum absolute atomic E-state index is 0. The van der Waals surface area contributed by atoms with Gasteiger partial charge in [0.05, 0.1) is 11.2 Å². The van der Waals surface area contributed by atoms with Crippen LogP contribution in [-0.2, 0) is 13.1 Å². The zero-order chi connectivity index (χ0) is 21.3. The maximum atomic E-state index is 14.9. The molecule has 0 unspecified atom stereocenters. The third-order valence-electron chi connectivity index (χ3n) is 5.68. The number of aromatic nitrogens is 1. The number of aromatic carboxylic acids is 1. The molecule has 0 amide bonds. The highest BCUT2D eigenvalue weighted by molar-refractivity contribution is 5.93. The average molecular weight is 446 g/mol. The minimum atomic E-state index is -1.30. The van der Waals surface area contributed by atoms with E-state index in [9.17, 15) is 19.1 Å². The smallest absolute Gasteiger partial charge is 0.341 e. The van der Waals surface area contributed by atoms with Crippen LogP contribution in [0.1, 0.15) is 22.8 Å². The van der Waals surface area contributed by atoms with Crippen molar-refractivity contribution in [3.63, 3.8) is 0 Å². The van der Waals surface area contributed by atoms with E-state index in [2.05, 4.69) is 17.0 Å². The van der Waals surface area contributed by atoms with Crippen LogP contribution in [-0.4, -0.2) is 46.7 Å². The van der Waals surface area contributed by atoms with Gasteiger partial charge in [0.1, 0.15) is 11.4 Å². The molecule has 0 aliphatic carbocycles. The molecule has 0 atom stereocenters. The van der Waals surface area contributed by atoms with Crippen molar-refractivity contribution in [3.8, 4) is 0 Å². The third kappa shape index (κ3) is 4.57. The summed E-state index contributed by atoms with van der Waals surface area (Å²) < 4.78 is 16.6. The molecule has 1 fully saturated rings. The minimum Gasteiger partial charge on any atom is -0.477 e. The number of anilines is 1. The summed E-state index contributed by atoms with van der Waals surface area (Å²) in [6.45, 7) is 6.18. The van der Waals surface area contributed by atoms with Crippen LogP contribution in [0.5, 0.6) is 0 Å². The fourth-order valence-electron chi connectivity index (χ4n) is 4.04. The highest BCUT2D eigenvalue weighted by atomic mass is 35.5. The number of hydrogen-bond donors (Lipinski definition) is 1. The number of nitrogens with zero attached hydrogens (tertiary/aromatic N) is 3. The van der Waals surface area contributed by atoms with Gasteiger partial charge in [-0.05, 0) is 24.6 Å². The molecule has 1 aromatic heterocycles. The van der Waals surface area contributed by atoms with Gasteiger partial charge < -0.3 is 14.6 Å². The van der Waals surface area contributed by atoms with Crippen LogP contribution in [0, 0.1) is 5.82 Å². The second-order valence-electron chi connectivity index (χ2n) is 7.53. The van der Waals surface area contributed by atoms with Crippen LogP contribution < -0.4 is 10.3 Å². The van der Waals surface area contributed by atoms with Crippen molar-refractivity contribution in [3.05, 3.63) is 75.8 Å². The van der Waals surface area contributed by atoms with Gasteiger partial charge in [-0.2, -0.15) is 0 Å². The summed E-state index contributed by atoms with van der Waals surface area (Å²) in [5.74, 6) is -1.80. The number of aryl methyl sites for hydroxylation is 1. The van der Waals surface area contributed by atoms with E-state index < -0.39 is 17.2 Å². The first-order valence-electron chi connectivity index (χ1n) is 10.1. The second-order valence-corrected chi connectivity index (χ2v) is 7.53. The zero-order valence-corrected chi connectivity index (χ0v) is 18.1. The van der Waals surface area contributed by atoms with Crippen molar-refractivity contribution in [2.45, 2.75) is 20.0 Å². The first kappa shape index (κ1) is 22.8. The Labute approximate surface area is 185 Å². The predicted octanol–water partition coefficient (Wildman–Crippen LogP) is 3.60. The maximum absolute atomic E-state index is 14.9. The molecule has 0 radical (unpaired) electrons. The number of benzene rings is 2. The van der Waals surface area contributed by atoms with Crippen LogP contribution in [0.15, 0.2) is 53.5 Å². The molecule has 0 bridgehead atoms. The van der Waals surface area contributed by atoms with E-state index >= 15 is 0 Å². The van der Waals surface area contributed by atoms with E-state index in [0.29, 0.717) is 30.8 Å². The number of pyridine rings is 1. The molecule has 1 aliphatic rings. The van der Waals surface area contributed by atoms with Crippen molar-refractivity contribution < 1.29 is 14.3 Å². The highest BCUT2D eigenvalue weighted by Gasteiger charge is 2.22. The summed E-state index contributed by atoms with van der Waals surface area (Å²) in [4.78, 5) is 28.2. The molecule has 8 heteroatoms. The van der Waals surface area contributed by atoms with Gasteiger partial charge in [0.15, 0.2) is 0 Å². The highest BCUT2D eigenvalue weighted by Crippen LogP contribution is 2.26. The lowest BCUT2D eigenvalue weighted by molar-refractivity contribution is 0.0695. The Morgan fingerprint density at radius 1 is 1.10 bits per heavy atom. The summed E-state index contributed by atoms with van der Waals surface area (Å²) in [5, 5.41) is 9.38. The Balaban J connectivity index is 0.00000272. The quantitative estimate of drug-likeness (QED) is 0.650. The molecule has 1 N–H and O–H groups in total. The Morgan fingerprint density at radius 3 is 2.39 bits per heavy atom. The van der Waals surface area contributed by atoms with Crippen LogP contribution >= 0.6 is 12.4 Å². The van der Waals surface area contributed by atoms with Crippen molar-refractivity contribution in [2.75, 3.05) is 31.1 Å². The van der Waals surface area contributed by atoms with Crippen molar-refractivity contribution in [1.29, 1.82) is 0 Å². The van der Waals surface area contributed by atoms with Gasteiger partial charge in [-0.15, -0.1) is 12.4 Å². The molecule has 4 rings (SSSR count). The fourth-order valence-corrected chi connectivity index (χ4v) is 4.04. The number of carbonyl (C=O) groups is 1. The summed E-state index contributed by atoms with van der Waals surface area (Å²) >= 11 is 0. The molecule has 3 aromatic rings. The summed E-state index contributed by atoms with van der Waals surface area (Å²) in [6, 6.07) is 13.1. The van der Waals surface area contributed by atoms with E-state index in [1.165, 1.54) is 17.8 Å². The van der Waals surface area contributed by atoms with Crippen molar-refractivity contribution >= 4 is 35.0 Å². The van der Waals surface area contributed by atoms with E-state index in [1.807, 2.05) is 30.0 Å². The SMILES string of the molecule is CCn1cc(C(=O)O)c(=O)c2cc(F)c(N3CCN(Cc4ccccc4)CC3)cc21.Cl. The third-order valence-corrected chi connectivity index (χ3v) is 5.68. The van der Waals surface area contributed by atoms with Crippen molar-refractivity contribution in [2.24, 2.45) is 0 Å². The van der Waals surface area contributed by atoms with Crippen LogP contribution in [0.4, 0.5) is 10.1 Å². The molecule has 1 saturated heterocycles. The lowest BCUT2D eigenvalue weighted by Gasteiger charge is -2.36. The fraction of sp³-hybridized carbons (Fsp3) is 0.304. The molecule has 1 aliphatic heterocycles. The Hall–Kier alpha value is -2.90. The van der Waals surface area contributed by atoms with Crippen LogP contribution in [0.2, 0.25) is 0 Å². The molecular weight excluding hydrogens is 421 g/mol. The van der Waals surface area contributed by atoms with Crippen molar-refractivity contribution in [1.82, 2.24) is 9.47 Å². The first-order valence-corrected chi connectivity index (χ1v) is 10.1. The van der Waals surface area contributed by atoms with E-state index in [-0.39, 0.29) is 23.4 Å². The lowest BCUT2D eigenvalue weighted by Crippen LogP contribution is -2.46. The van der Waals surface area contributed by atoms with Gasteiger partial charge in [0.25, 0.3) is 0 Å². The molecule has 0 saturated carbocycles. The predicted molar refractivity (Wildman–Crippen MR) is 122 cm³/mol. The summed E-state index contributed by atoms with van der Waals surface area (Å²) in [7, 11) is 0. The topological polar surface area (TPSA) is 65.8 Å². The van der Waals surface area contributed by atoms with Gasteiger partial charge in [0, 0.05) is 50.9 Å². The average Bonchev–Trinajstić information content (AvgIpc) is 2.75. The lowest BCUT2D eigenvalue weighted by atomic mass is 10.1. The van der Waals surface area contributed by atoms with E-state index in [0.717, 1.165) is 19.6 Å². The van der Waals surface area contributed by atoms with Gasteiger partial charge in [0.2, 0.25) is 5.43 Å². The number of rotatable bonds is 5. The largest absolute Gasteiger partial charge is 0.477 e. The first-order chi connectivity index (χ1) is 14.5. The Morgan fingerprint density at radius 2 is 1.77 bits per heavy atom. The maximum Gasteiger partial charge on any atom is 0.341 e. The Bertz CT molecular complexity index is 1140. The Kier molecular flexibility index (Phi) is 6.97. The molecule has 31 heavy (non-hydrogen) atoms. The zero-order valence-electron chi connectivity index (χ0n) is 17.3. The number of hydrogen-bond acceptors (Lipinski definition) is 4. The number of halogens is 2. The number of fused-ring (bicyclic) bond motifs is 1. The molecule has 0 spiro atoms. The summed E-state index contributed by atoms with van der Waals surface area (Å²) in [6.07, 6.45) is 1.34. The number of carboxylic acids is 1. The molecule has 2 heterocycles. The second kappa shape index (κ2) is 9.49. The molecule has 2 aromatic carbocycles. The van der Waals surface area contributed by atoms with Gasteiger partial charge in [-0.3, -0.25) is 9.69 Å². The van der Waals surface area contributed by atoms with E-state index in [1.54, 1.807) is 10.6 Å². The number of carboxylic acid groups (broad SMARTS) is 1. The molecule has 164 valence electrons. The monoisotopic (exact) mass is 445 g/mol. The molecular formula is C23H25ClFN3O3. The summed E-state index contributed by atoms with van der Waals surface area (Å²) in [5.41, 5.74) is 1.26. The van der Waals surface area contributed by atoms with Gasteiger partial charge >= 0.3 is 5.97 Å². The molecule has 6 nitrogen and oxygen atoms in total. The normalized spacial score (nSPS) is 14.5.